The van der Waals surface area contributed by atoms with Crippen molar-refractivity contribution in [3.63, 3.8) is 0 Å². The molecule has 1 fully saturated rings. The summed E-state index contributed by atoms with van der Waals surface area (Å²) in [7, 11) is 1.67. The third-order valence-electron chi connectivity index (χ3n) is 3.58. The predicted octanol–water partition coefficient (Wildman–Crippen LogP) is -1.54. The van der Waals surface area contributed by atoms with Gasteiger partial charge >= 0.3 is 0 Å². The molecule has 4 N–H and O–H groups in total. The van der Waals surface area contributed by atoms with Gasteiger partial charge in [0, 0.05) is 7.05 Å². The fourth-order valence-corrected chi connectivity index (χ4v) is 2.45. The Bertz CT molecular complexity index is 740. The zero-order valence-electron chi connectivity index (χ0n) is 11.7. The van der Waals surface area contributed by atoms with E-state index in [4.69, 9.17) is 16.3 Å². The van der Waals surface area contributed by atoms with Crippen LogP contribution in [0.15, 0.2) is 6.33 Å². The van der Waals surface area contributed by atoms with Gasteiger partial charge in [-0.05, 0) is 5.92 Å². The lowest BCUT2D eigenvalue weighted by Crippen LogP contribution is -2.33. The van der Waals surface area contributed by atoms with Gasteiger partial charge in [-0.25, -0.2) is 15.0 Å². The first-order chi connectivity index (χ1) is 10.6. The monoisotopic (exact) mass is 305 g/mol. The number of rotatable bonds is 3. The van der Waals surface area contributed by atoms with Crippen LogP contribution in [0.2, 0.25) is 0 Å². The number of ether oxygens (including phenoxy) is 1. The number of imidazole rings is 1. The molecule has 0 spiro atoms. The lowest BCUT2D eigenvalue weighted by molar-refractivity contribution is -0.0511. The van der Waals surface area contributed by atoms with Crippen LogP contribution < -0.4 is 5.32 Å². The van der Waals surface area contributed by atoms with Gasteiger partial charge in [0.1, 0.15) is 18.3 Å². The van der Waals surface area contributed by atoms with Crippen molar-refractivity contribution < 1.29 is 20.1 Å². The highest BCUT2D eigenvalue weighted by Gasteiger charge is 2.44. The van der Waals surface area contributed by atoms with Crippen molar-refractivity contribution in [2.75, 3.05) is 19.0 Å². The highest BCUT2D eigenvalue weighted by atomic mass is 16.6. The first-order valence-corrected chi connectivity index (χ1v) is 6.62. The fourth-order valence-electron chi connectivity index (χ4n) is 2.45. The SMILES string of the molecule is C#Cc1nc(NC)c2ncn([C@@H]3O[C@H](CO)[C@@H](O)[C@H]3O)c2n1. The molecule has 0 radical (unpaired) electrons. The van der Waals surface area contributed by atoms with Crippen LogP contribution in [0.4, 0.5) is 5.82 Å². The van der Waals surface area contributed by atoms with E-state index >= 15 is 0 Å². The summed E-state index contributed by atoms with van der Waals surface area (Å²) in [5.41, 5.74) is 0.821. The molecule has 1 aliphatic heterocycles. The second-order valence-electron chi connectivity index (χ2n) is 4.84. The molecule has 3 rings (SSSR count). The van der Waals surface area contributed by atoms with Gasteiger partial charge in [0.2, 0.25) is 5.82 Å². The van der Waals surface area contributed by atoms with Crippen molar-refractivity contribution in [2.45, 2.75) is 24.5 Å². The van der Waals surface area contributed by atoms with Crippen LogP contribution >= 0.6 is 0 Å². The van der Waals surface area contributed by atoms with Crippen molar-refractivity contribution in [1.82, 2.24) is 19.5 Å². The summed E-state index contributed by atoms with van der Waals surface area (Å²) in [6, 6.07) is 0. The van der Waals surface area contributed by atoms with Crippen molar-refractivity contribution in [3.05, 3.63) is 12.2 Å². The van der Waals surface area contributed by atoms with Crippen molar-refractivity contribution in [2.24, 2.45) is 0 Å². The number of aliphatic hydroxyl groups is 3. The molecule has 0 amide bonds. The Labute approximate surface area is 125 Å². The molecule has 116 valence electrons. The molecule has 4 atom stereocenters. The van der Waals surface area contributed by atoms with E-state index in [1.54, 1.807) is 7.05 Å². The molecule has 2 aromatic rings. The maximum Gasteiger partial charge on any atom is 0.208 e. The molecule has 9 heteroatoms. The molecular weight excluding hydrogens is 290 g/mol. The normalized spacial score (nSPS) is 28.0. The smallest absolute Gasteiger partial charge is 0.208 e. The van der Waals surface area contributed by atoms with Gasteiger partial charge in [0.05, 0.1) is 12.9 Å². The van der Waals surface area contributed by atoms with Gasteiger partial charge in [-0.15, -0.1) is 6.42 Å². The van der Waals surface area contributed by atoms with Gasteiger partial charge in [-0.2, -0.15) is 0 Å². The average molecular weight is 305 g/mol. The largest absolute Gasteiger partial charge is 0.394 e. The maximum absolute atomic E-state index is 10.1. The van der Waals surface area contributed by atoms with Crippen LogP contribution in [0.3, 0.4) is 0 Å². The van der Waals surface area contributed by atoms with E-state index in [2.05, 4.69) is 26.2 Å². The second kappa shape index (κ2) is 5.51. The van der Waals surface area contributed by atoms with Crippen LogP contribution in [-0.2, 0) is 4.74 Å². The lowest BCUT2D eigenvalue weighted by atomic mass is 10.1. The van der Waals surface area contributed by atoms with Crippen LogP contribution in [0, 0.1) is 12.3 Å². The second-order valence-corrected chi connectivity index (χ2v) is 4.84. The summed E-state index contributed by atoms with van der Waals surface area (Å²) < 4.78 is 6.94. The molecule has 0 unspecified atom stereocenters. The first-order valence-electron chi connectivity index (χ1n) is 6.62. The summed E-state index contributed by atoms with van der Waals surface area (Å²) in [5.74, 6) is 2.95. The number of terminal acetylenes is 1. The van der Waals surface area contributed by atoms with E-state index < -0.39 is 31.1 Å². The number of aliphatic hydroxyl groups excluding tert-OH is 3. The summed E-state index contributed by atoms with van der Waals surface area (Å²) in [4.78, 5) is 12.5. The van der Waals surface area contributed by atoms with E-state index in [0.29, 0.717) is 17.0 Å². The Kier molecular flexibility index (Phi) is 3.67. The molecule has 0 saturated carbocycles. The molecular formula is C13H15N5O4. The molecule has 22 heavy (non-hydrogen) atoms. The Morgan fingerprint density at radius 1 is 1.41 bits per heavy atom. The number of nitrogens with one attached hydrogen (secondary N) is 1. The van der Waals surface area contributed by atoms with E-state index in [1.165, 1.54) is 10.9 Å². The number of aromatic nitrogens is 4. The minimum absolute atomic E-state index is 0.158. The van der Waals surface area contributed by atoms with Gasteiger partial charge in [-0.1, -0.05) is 0 Å². The van der Waals surface area contributed by atoms with Crippen LogP contribution in [0.5, 0.6) is 0 Å². The Balaban J connectivity index is 2.11. The average Bonchev–Trinajstić information content (AvgIpc) is 3.08. The zero-order chi connectivity index (χ0) is 15.9. The highest BCUT2D eigenvalue weighted by molar-refractivity contribution is 5.83. The van der Waals surface area contributed by atoms with E-state index in [0.717, 1.165) is 0 Å². The third kappa shape index (κ3) is 2.10. The molecule has 1 saturated heterocycles. The van der Waals surface area contributed by atoms with Gasteiger partial charge in [0.15, 0.2) is 23.2 Å². The number of anilines is 1. The molecule has 0 bridgehead atoms. The van der Waals surface area contributed by atoms with Crippen molar-refractivity contribution in [3.8, 4) is 12.3 Å². The van der Waals surface area contributed by atoms with Crippen LogP contribution in [0.1, 0.15) is 12.1 Å². The van der Waals surface area contributed by atoms with Gasteiger partial charge in [-0.3, -0.25) is 4.57 Å². The number of hydrogen-bond donors (Lipinski definition) is 4. The molecule has 9 nitrogen and oxygen atoms in total. The Morgan fingerprint density at radius 3 is 2.77 bits per heavy atom. The van der Waals surface area contributed by atoms with E-state index in [-0.39, 0.29) is 5.82 Å². The zero-order valence-corrected chi connectivity index (χ0v) is 11.7. The van der Waals surface area contributed by atoms with Crippen LogP contribution in [0.25, 0.3) is 11.2 Å². The number of fused-ring (bicyclic) bond motifs is 1. The van der Waals surface area contributed by atoms with Gasteiger partial charge in [0.25, 0.3) is 0 Å². The number of hydrogen-bond acceptors (Lipinski definition) is 8. The topological polar surface area (TPSA) is 126 Å². The summed E-state index contributed by atoms with van der Waals surface area (Å²) in [6.45, 7) is -0.409. The standard InChI is InChI=1S/C13H15N5O4/c1-3-7-16-11(14-2)8-12(17-7)18(5-15-8)13-10(21)9(20)6(4-19)22-13/h1,5-6,9-10,13,19-21H,4H2,2H3,(H,14,16,17)/t6-,9-,10-,13-/m1/s1. The van der Waals surface area contributed by atoms with Crippen molar-refractivity contribution >= 4 is 17.0 Å². The maximum atomic E-state index is 10.1. The van der Waals surface area contributed by atoms with Crippen LogP contribution in [-0.4, -0.2) is 66.8 Å². The quantitative estimate of drug-likeness (QED) is 0.503. The molecule has 2 aromatic heterocycles. The summed E-state index contributed by atoms with van der Waals surface area (Å²) in [6.07, 6.45) is 2.52. The molecule has 0 aliphatic carbocycles. The minimum Gasteiger partial charge on any atom is -0.394 e. The van der Waals surface area contributed by atoms with Gasteiger partial charge < -0.3 is 25.4 Å². The Morgan fingerprint density at radius 2 is 2.18 bits per heavy atom. The minimum atomic E-state index is -1.23. The van der Waals surface area contributed by atoms with Crippen molar-refractivity contribution in [1.29, 1.82) is 0 Å². The number of nitrogens with zero attached hydrogens (tertiary/aromatic N) is 4. The fraction of sp³-hybridized carbons (Fsp3) is 0.462. The molecule has 0 aromatic carbocycles. The first kappa shape index (κ1) is 14.7. The third-order valence-corrected chi connectivity index (χ3v) is 3.58. The Hall–Kier alpha value is -2.25. The van der Waals surface area contributed by atoms with E-state index in [1.807, 2.05) is 0 Å². The summed E-state index contributed by atoms with van der Waals surface area (Å²) in [5, 5.41) is 32.0. The lowest BCUT2D eigenvalue weighted by Gasteiger charge is -2.16. The summed E-state index contributed by atoms with van der Waals surface area (Å²) >= 11 is 0. The highest BCUT2D eigenvalue weighted by Crippen LogP contribution is 2.32. The molecule has 3 heterocycles. The molecule has 1 aliphatic rings. The van der Waals surface area contributed by atoms with E-state index in [9.17, 15) is 10.2 Å². The predicted molar refractivity (Wildman–Crippen MR) is 75.8 cm³/mol.